The van der Waals surface area contributed by atoms with Crippen LogP contribution in [0.25, 0.3) is 0 Å². The van der Waals surface area contributed by atoms with E-state index >= 15 is 0 Å². The molecule has 1 atom stereocenters. The maximum absolute atomic E-state index is 12.7. The van der Waals surface area contributed by atoms with Crippen molar-refractivity contribution in [3.63, 3.8) is 0 Å². The molecular weight excluding hydrogens is 368 g/mol. The monoisotopic (exact) mass is 396 g/mol. The first-order valence-corrected chi connectivity index (χ1v) is 10.4. The zero-order valence-electron chi connectivity index (χ0n) is 16.9. The number of H-pyrrole nitrogens is 1. The highest BCUT2D eigenvalue weighted by Gasteiger charge is 2.27. The third-order valence-electron chi connectivity index (χ3n) is 5.92. The standard InChI is InChI=1S/C22H28N4O3/c1-16-19(21(28)24-22(23-16)25-11-13-29-14-12-25)7-8-20(27)26-10-9-18(15-26)17-5-3-2-4-6-17/h2-6,18H,7-15H2,1H3,(H,23,24,28)/t18-/m0/s1. The van der Waals surface area contributed by atoms with Gasteiger partial charge >= 0.3 is 0 Å². The number of nitrogens with zero attached hydrogens (tertiary/aromatic N) is 3. The molecule has 154 valence electrons. The van der Waals surface area contributed by atoms with E-state index in [0.717, 1.165) is 32.6 Å². The van der Waals surface area contributed by atoms with Crippen LogP contribution < -0.4 is 10.5 Å². The number of aromatic amines is 1. The summed E-state index contributed by atoms with van der Waals surface area (Å²) in [5.41, 5.74) is 2.45. The molecule has 1 aromatic heterocycles. The number of hydrogen-bond donors (Lipinski definition) is 1. The first-order valence-electron chi connectivity index (χ1n) is 10.4. The number of nitrogens with one attached hydrogen (secondary N) is 1. The maximum atomic E-state index is 12.7. The summed E-state index contributed by atoms with van der Waals surface area (Å²) >= 11 is 0. The lowest BCUT2D eigenvalue weighted by Crippen LogP contribution is -2.38. The van der Waals surface area contributed by atoms with Crippen molar-refractivity contribution in [1.29, 1.82) is 0 Å². The second kappa shape index (κ2) is 8.78. The van der Waals surface area contributed by atoms with Gasteiger partial charge < -0.3 is 14.5 Å². The summed E-state index contributed by atoms with van der Waals surface area (Å²) in [6.07, 6.45) is 1.75. The van der Waals surface area contributed by atoms with Gasteiger partial charge in [0.25, 0.3) is 5.56 Å². The molecule has 0 aliphatic carbocycles. The maximum Gasteiger partial charge on any atom is 0.255 e. The number of benzene rings is 1. The summed E-state index contributed by atoms with van der Waals surface area (Å²) in [5.74, 6) is 1.11. The fourth-order valence-electron chi connectivity index (χ4n) is 4.19. The summed E-state index contributed by atoms with van der Waals surface area (Å²) < 4.78 is 5.35. The number of rotatable bonds is 5. The lowest BCUT2D eigenvalue weighted by Gasteiger charge is -2.27. The number of hydrogen-bond acceptors (Lipinski definition) is 5. The van der Waals surface area contributed by atoms with Gasteiger partial charge in [-0.05, 0) is 25.3 Å². The van der Waals surface area contributed by atoms with Crippen LogP contribution >= 0.6 is 0 Å². The summed E-state index contributed by atoms with van der Waals surface area (Å²) in [7, 11) is 0. The minimum absolute atomic E-state index is 0.111. The summed E-state index contributed by atoms with van der Waals surface area (Å²) in [4.78, 5) is 36.7. The highest BCUT2D eigenvalue weighted by molar-refractivity contribution is 5.77. The Balaban J connectivity index is 1.36. The molecule has 29 heavy (non-hydrogen) atoms. The summed E-state index contributed by atoms with van der Waals surface area (Å²) in [6, 6.07) is 10.4. The van der Waals surface area contributed by atoms with Crippen LogP contribution in [0.4, 0.5) is 5.95 Å². The molecule has 2 aromatic rings. The molecule has 2 aliphatic rings. The number of aromatic nitrogens is 2. The van der Waals surface area contributed by atoms with E-state index in [1.165, 1.54) is 5.56 Å². The zero-order valence-corrected chi connectivity index (χ0v) is 16.9. The molecule has 7 heteroatoms. The van der Waals surface area contributed by atoms with Crippen molar-refractivity contribution in [3.8, 4) is 0 Å². The molecule has 0 bridgehead atoms. The number of aryl methyl sites for hydroxylation is 1. The van der Waals surface area contributed by atoms with Crippen molar-refractivity contribution in [2.45, 2.75) is 32.1 Å². The largest absolute Gasteiger partial charge is 0.378 e. The fraction of sp³-hybridized carbons (Fsp3) is 0.500. The molecule has 1 amide bonds. The van der Waals surface area contributed by atoms with Gasteiger partial charge in [0, 0.05) is 49.8 Å². The Morgan fingerprint density at radius 1 is 1.21 bits per heavy atom. The van der Waals surface area contributed by atoms with E-state index in [1.54, 1.807) is 0 Å². The first kappa shape index (κ1) is 19.6. The smallest absolute Gasteiger partial charge is 0.255 e. The summed E-state index contributed by atoms with van der Waals surface area (Å²) in [5, 5.41) is 0. The lowest BCUT2D eigenvalue weighted by molar-refractivity contribution is -0.130. The number of carbonyl (C=O) groups excluding carboxylic acids is 1. The average Bonchev–Trinajstić information content (AvgIpc) is 3.24. The van der Waals surface area contributed by atoms with E-state index in [9.17, 15) is 9.59 Å². The molecule has 4 rings (SSSR count). The molecule has 3 heterocycles. The number of likely N-dealkylation sites (tertiary alicyclic amines) is 1. The van der Waals surface area contributed by atoms with Crippen LogP contribution in [-0.4, -0.2) is 60.2 Å². The fourth-order valence-corrected chi connectivity index (χ4v) is 4.19. The second-order valence-corrected chi connectivity index (χ2v) is 7.79. The highest BCUT2D eigenvalue weighted by Crippen LogP contribution is 2.27. The van der Waals surface area contributed by atoms with Crippen molar-refractivity contribution in [1.82, 2.24) is 14.9 Å². The number of ether oxygens (including phenoxy) is 1. The Kier molecular flexibility index (Phi) is 5.94. The second-order valence-electron chi connectivity index (χ2n) is 7.79. The number of morpholine rings is 1. The molecule has 2 saturated heterocycles. The van der Waals surface area contributed by atoms with Crippen LogP contribution in [0, 0.1) is 6.92 Å². The van der Waals surface area contributed by atoms with Crippen LogP contribution in [0.5, 0.6) is 0 Å². The van der Waals surface area contributed by atoms with Crippen molar-refractivity contribution in [3.05, 3.63) is 57.5 Å². The topological polar surface area (TPSA) is 78.5 Å². The minimum Gasteiger partial charge on any atom is -0.378 e. The zero-order chi connectivity index (χ0) is 20.2. The van der Waals surface area contributed by atoms with Gasteiger partial charge in [0.15, 0.2) is 0 Å². The molecule has 2 aliphatic heterocycles. The molecule has 0 spiro atoms. The third-order valence-corrected chi connectivity index (χ3v) is 5.92. The molecular formula is C22H28N4O3. The Bertz CT molecular complexity index is 906. The minimum atomic E-state index is -0.143. The van der Waals surface area contributed by atoms with Crippen LogP contribution in [0.2, 0.25) is 0 Å². The van der Waals surface area contributed by atoms with Gasteiger partial charge in [-0.2, -0.15) is 0 Å². The van der Waals surface area contributed by atoms with Gasteiger partial charge in [0.2, 0.25) is 11.9 Å². The molecule has 7 nitrogen and oxygen atoms in total. The average molecular weight is 396 g/mol. The van der Waals surface area contributed by atoms with Crippen molar-refractivity contribution in [2.24, 2.45) is 0 Å². The quantitative estimate of drug-likeness (QED) is 0.835. The predicted octanol–water partition coefficient (Wildman–Crippen LogP) is 1.86. The molecule has 2 fully saturated rings. The van der Waals surface area contributed by atoms with Crippen LogP contribution in [-0.2, 0) is 16.0 Å². The normalized spacial score (nSPS) is 19.6. The van der Waals surface area contributed by atoms with Gasteiger partial charge in [0.1, 0.15) is 0 Å². The van der Waals surface area contributed by atoms with Gasteiger partial charge in [0.05, 0.1) is 13.2 Å². The van der Waals surface area contributed by atoms with Crippen LogP contribution in [0.15, 0.2) is 35.1 Å². The van der Waals surface area contributed by atoms with E-state index in [0.29, 0.717) is 49.2 Å². The Morgan fingerprint density at radius 2 is 1.97 bits per heavy atom. The van der Waals surface area contributed by atoms with E-state index in [4.69, 9.17) is 4.74 Å². The van der Waals surface area contributed by atoms with E-state index in [1.807, 2.05) is 34.9 Å². The number of amides is 1. The van der Waals surface area contributed by atoms with Crippen LogP contribution in [0.1, 0.15) is 35.6 Å². The number of carbonyl (C=O) groups is 1. The SMILES string of the molecule is Cc1nc(N2CCOCC2)[nH]c(=O)c1CCC(=O)N1CC[C@H](c2ccccc2)C1. The first-order chi connectivity index (χ1) is 14.1. The van der Waals surface area contributed by atoms with Gasteiger partial charge in [-0.3, -0.25) is 14.6 Å². The Labute approximate surface area is 170 Å². The molecule has 0 unspecified atom stereocenters. The third kappa shape index (κ3) is 4.50. The van der Waals surface area contributed by atoms with Crippen molar-refractivity contribution in [2.75, 3.05) is 44.3 Å². The Morgan fingerprint density at radius 3 is 2.69 bits per heavy atom. The van der Waals surface area contributed by atoms with Crippen molar-refractivity contribution < 1.29 is 9.53 Å². The molecule has 1 N–H and O–H groups in total. The van der Waals surface area contributed by atoms with E-state index < -0.39 is 0 Å². The predicted molar refractivity (Wildman–Crippen MR) is 111 cm³/mol. The number of anilines is 1. The van der Waals surface area contributed by atoms with Crippen molar-refractivity contribution >= 4 is 11.9 Å². The Hall–Kier alpha value is -2.67. The molecule has 0 saturated carbocycles. The molecule has 0 radical (unpaired) electrons. The van der Waals surface area contributed by atoms with E-state index in [-0.39, 0.29) is 11.5 Å². The van der Waals surface area contributed by atoms with E-state index in [2.05, 4.69) is 22.1 Å². The highest BCUT2D eigenvalue weighted by atomic mass is 16.5. The van der Waals surface area contributed by atoms with Gasteiger partial charge in [-0.15, -0.1) is 0 Å². The lowest BCUT2D eigenvalue weighted by atomic mass is 9.99. The van der Waals surface area contributed by atoms with Crippen LogP contribution in [0.3, 0.4) is 0 Å². The van der Waals surface area contributed by atoms with Gasteiger partial charge in [-0.25, -0.2) is 4.98 Å². The molecule has 1 aromatic carbocycles. The van der Waals surface area contributed by atoms with Gasteiger partial charge in [-0.1, -0.05) is 30.3 Å². The summed E-state index contributed by atoms with van der Waals surface area (Å²) in [6.45, 7) is 6.10.